The summed E-state index contributed by atoms with van der Waals surface area (Å²) >= 11 is 0. The number of ether oxygens (including phenoxy) is 4. The van der Waals surface area contributed by atoms with Gasteiger partial charge in [0, 0.05) is 6.61 Å². The largest absolute Gasteiger partial charge is 0.465 e. The van der Waals surface area contributed by atoms with E-state index in [1.165, 1.54) is 0 Å². The van der Waals surface area contributed by atoms with Crippen LogP contribution in [0.5, 0.6) is 0 Å². The Bertz CT molecular complexity index is 975. The minimum atomic E-state index is -0.770. The van der Waals surface area contributed by atoms with Gasteiger partial charge in [0.05, 0.1) is 13.2 Å². The van der Waals surface area contributed by atoms with Crippen LogP contribution in [0.1, 0.15) is 79.1 Å². The van der Waals surface area contributed by atoms with E-state index in [0.717, 1.165) is 64.2 Å². The van der Waals surface area contributed by atoms with Crippen LogP contribution in [0, 0.1) is 39.8 Å². The van der Waals surface area contributed by atoms with E-state index in [-0.39, 0.29) is 55.4 Å². The molecule has 0 radical (unpaired) electrons. The van der Waals surface area contributed by atoms with Crippen LogP contribution in [0.3, 0.4) is 0 Å². The monoisotopic (exact) mass is 591 g/mol. The number of hydrogen-bond donors (Lipinski definition) is 2. The molecule has 0 amide bonds. The molecule has 4 aliphatic carbocycles. The Balaban J connectivity index is 0.000000231. The Hall–Kier alpha value is -2.76. The molecule has 0 aromatic rings. The average molecular weight is 592 g/mol. The Kier molecular flexibility index (Phi) is 12.1. The molecule has 11 nitrogen and oxygen atoms in total. The van der Waals surface area contributed by atoms with Gasteiger partial charge in [-0.1, -0.05) is 0 Å². The van der Waals surface area contributed by atoms with E-state index in [0.29, 0.717) is 18.4 Å². The summed E-state index contributed by atoms with van der Waals surface area (Å²) in [6.07, 6.45) is 7.29. The Labute approximate surface area is 248 Å². The molecule has 0 bridgehead atoms. The standard InChI is InChI=1S/C15H22BNO5.C15H24O5/c1-3-20-13(18)12(14(19)21-4-2)11-7-15(8-11)5-10(6-15)9-22-16-17;1-3-19-13(17)12(14(18)20-4-2)11-7-15(8-11)5-10(6-15)9-16/h10,17H,3-9H2,1-2H3;10-12,16H,3-9H2,1-2H3. The van der Waals surface area contributed by atoms with Crippen LogP contribution in [0.2, 0.25) is 0 Å². The van der Waals surface area contributed by atoms with Crippen molar-refractivity contribution in [3.8, 4) is 0 Å². The maximum Gasteiger partial charge on any atom is 0.320 e. The van der Waals surface area contributed by atoms with E-state index in [1.807, 2.05) is 0 Å². The van der Waals surface area contributed by atoms with E-state index in [2.05, 4.69) is 0 Å². The second-order valence-electron chi connectivity index (χ2n) is 12.1. The number of carbonyl (C=O) groups is 4. The second kappa shape index (κ2) is 15.1. The first-order chi connectivity index (χ1) is 20.1. The van der Waals surface area contributed by atoms with Crippen molar-refractivity contribution in [2.45, 2.75) is 79.1 Å². The van der Waals surface area contributed by atoms with E-state index >= 15 is 0 Å². The fourth-order valence-corrected chi connectivity index (χ4v) is 7.43. The summed E-state index contributed by atoms with van der Waals surface area (Å²) in [5.74, 6) is -1.92. The maximum absolute atomic E-state index is 12.0. The van der Waals surface area contributed by atoms with Crippen LogP contribution >= 0.6 is 0 Å². The smallest absolute Gasteiger partial charge is 0.320 e. The summed E-state index contributed by atoms with van der Waals surface area (Å²) in [5.41, 5.74) is 1.40. The van der Waals surface area contributed by atoms with Crippen molar-refractivity contribution < 1.29 is 47.9 Å². The number of carbonyl (C=O) groups excluding carboxylic acids is 4. The first-order valence-corrected chi connectivity index (χ1v) is 15.2. The van der Waals surface area contributed by atoms with Gasteiger partial charge in [-0.2, -0.15) is 0 Å². The normalized spacial score (nSPS) is 28.4. The summed E-state index contributed by atoms with van der Waals surface area (Å²) in [6.45, 7) is 8.75. The third kappa shape index (κ3) is 7.79. The van der Waals surface area contributed by atoms with E-state index in [9.17, 15) is 19.2 Å². The fraction of sp³-hybridized carbons (Fsp3) is 0.800. The Morgan fingerprint density at radius 3 is 1.69 bits per heavy atom. The van der Waals surface area contributed by atoms with Gasteiger partial charge in [0.15, 0.2) is 5.92 Å². The third-order valence-electron chi connectivity index (χ3n) is 8.99. The fourth-order valence-electron chi connectivity index (χ4n) is 7.43. The molecule has 4 rings (SSSR count). The number of rotatable bonds is 13. The molecule has 0 unspecified atom stereocenters. The van der Waals surface area contributed by atoms with Crippen LogP contribution < -0.4 is 0 Å². The predicted molar refractivity (Wildman–Crippen MR) is 151 cm³/mol. The van der Waals surface area contributed by atoms with Crippen molar-refractivity contribution >= 4 is 31.2 Å². The molecular weight excluding hydrogens is 545 g/mol. The van der Waals surface area contributed by atoms with Crippen LogP contribution in [-0.4, -0.2) is 75.9 Å². The maximum atomic E-state index is 12.0. The number of esters is 4. The molecule has 2 N–H and O–H groups in total. The summed E-state index contributed by atoms with van der Waals surface area (Å²) in [5, 5.41) is 15.9. The van der Waals surface area contributed by atoms with Gasteiger partial charge in [-0.3, -0.25) is 9.59 Å². The zero-order chi connectivity index (χ0) is 30.9. The molecule has 0 aromatic heterocycles. The number of nitrogens with one attached hydrogen (secondary N) is 1. The van der Waals surface area contributed by atoms with Crippen molar-refractivity contribution in [2.24, 2.45) is 34.5 Å². The van der Waals surface area contributed by atoms with Crippen molar-refractivity contribution in [1.82, 2.24) is 0 Å². The summed E-state index contributed by atoms with van der Waals surface area (Å²) < 4.78 is 25.0. The predicted octanol–water partition coefficient (Wildman–Crippen LogP) is 3.53. The third-order valence-corrected chi connectivity index (χ3v) is 8.99. The van der Waals surface area contributed by atoms with Gasteiger partial charge < -0.3 is 14.6 Å². The van der Waals surface area contributed by atoms with E-state index in [1.54, 1.807) is 27.7 Å². The minimum absolute atomic E-state index is 0.0349. The van der Waals surface area contributed by atoms with Gasteiger partial charge in [-0.05, 0) is 56.8 Å². The molecule has 0 heterocycles. The molecule has 234 valence electrons. The molecule has 4 fully saturated rings. The van der Waals surface area contributed by atoms with Gasteiger partial charge in [0.25, 0.3) is 0 Å². The molecule has 2 spiro atoms. The minimum Gasteiger partial charge on any atom is -0.465 e. The van der Waals surface area contributed by atoms with Gasteiger partial charge in [-0.25, -0.2) is 0 Å². The number of aliphatic hydroxyl groups excluding tert-OH is 1. The summed E-state index contributed by atoms with van der Waals surface area (Å²) in [7, 11) is 0.969. The van der Waals surface area contributed by atoms with Gasteiger partial charge in [0.1, 0.15) is 0 Å². The van der Waals surface area contributed by atoms with Gasteiger partial charge in [0.2, 0.25) is 0 Å². The van der Waals surface area contributed by atoms with Crippen molar-refractivity contribution in [2.75, 3.05) is 39.6 Å². The average Bonchev–Trinajstić information content (AvgIpc) is 2.85. The van der Waals surface area contributed by atoms with Gasteiger partial charge in [-0.15, -0.1) is 0 Å². The van der Waals surface area contributed by atoms with E-state index in [4.69, 9.17) is 34.0 Å². The molecule has 0 atom stereocenters. The Morgan fingerprint density at radius 1 is 0.786 bits per heavy atom. The Morgan fingerprint density at radius 2 is 1.26 bits per heavy atom. The molecule has 42 heavy (non-hydrogen) atoms. The molecule has 4 saturated carbocycles. The SMILES string of the molecule is CCOC(=O)C(C(=O)OCC)=C1CC2(C1)CC(COB=N)C2.CCOC(=O)C(C(=O)OCC)C1CC2(CC(CO)C2)C1. The van der Waals surface area contributed by atoms with Gasteiger partial charge >= 0.3 is 142 Å². The zero-order valence-electron chi connectivity index (χ0n) is 25.4. The summed E-state index contributed by atoms with van der Waals surface area (Å²) in [6, 6.07) is 0. The molecular formula is C30H46BNO10. The van der Waals surface area contributed by atoms with Crippen LogP contribution in [0.25, 0.3) is 0 Å². The summed E-state index contributed by atoms with van der Waals surface area (Å²) in [4.78, 5) is 47.9. The van der Waals surface area contributed by atoms with Crippen LogP contribution in [-0.2, 0) is 42.8 Å². The molecule has 4 aliphatic rings. The number of allylic oxidation sites excluding steroid dienone is 1. The second-order valence-corrected chi connectivity index (χ2v) is 12.1. The number of hydrogen-bond acceptors (Lipinski definition) is 11. The zero-order valence-corrected chi connectivity index (χ0v) is 25.4. The first kappa shape index (κ1) is 33.7. The number of aliphatic hydroxyl groups is 1. The van der Waals surface area contributed by atoms with Crippen molar-refractivity contribution in [1.29, 1.82) is 5.31 Å². The van der Waals surface area contributed by atoms with Crippen LogP contribution in [0.4, 0.5) is 0 Å². The molecule has 12 heteroatoms. The first-order valence-electron chi connectivity index (χ1n) is 15.2. The van der Waals surface area contributed by atoms with Crippen molar-refractivity contribution in [3.05, 3.63) is 11.1 Å². The van der Waals surface area contributed by atoms with E-state index < -0.39 is 29.8 Å². The van der Waals surface area contributed by atoms with Crippen LogP contribution in [0.15, 0.2) is 11.1 Å². The quantitative estimate of drug-likeness (QED) is 0.0811. The van der Waals surface area contributed by atoms with Crippen molar-refractivity contribution in [3.63, 3.8) is 0 Å². The molecule has 0 aromatic carbocycles. The molecule has 0 aliphatic heterocycles. The topological polar surface area (TPSA) is 159 Å². The molecule has 0 saturated heterocycles.